The van der Waals surface area contributed by atoms with Crippen LogP contribution >= 0.6 is 11.8 Å². The summed E-state index contributed by atoms with van der Waals surface area (Å²) >= 11 is 1.48. The number of benzene rings is 1. The highest BCUT2D eigenvalue weighted by molar-refractivity contribution is 8.00. The van der Waals surface area contributed by atoms with Crippen molar-refractivity contribution < 1.29 is 4.79 Å². The number of carbonyl (C=O) groups excluding carboxylic acids is 1. The molecule has 2 fully saturated rings. The molecule has 5 unspecified atom stereocenters. The fourth-order valence-electron chi connectivity index (χ4n) is 5.04. The Bertz CT molecular complexity index is 864. The second-order valence-corrected chi connectivity index (χ2v) is 9.88. The van der Waals surface area contributed by atoms with Gasteiger partial charge in [0, 0.05) is 18.7 Å². The molecule has 0 radical (unpaired) electrons. The summed E-state index contributed by atoms with van der Waals surface area (Å²) in [6.07, 6.45) is 5.40. The first kappa shape index (κ1) is 19.5. The molecule has 2 aliphatic rings. The Morgan fingerprint density at radius 3 is 2.68 bits per heavy atom. The molecule has 5 nitrogen and oxygen atoms in total. The fourth-order valence-corrected chi connectivity index (χ4v) is 5.87. The van der Waals surface area contributed by atoms with Gasteiger partial charge < -0.3 is 9.88 Å². The van der Waals surface area contributed by atoms with E-state index >= 15 is 0 Å². The third-order valence-corrected chi connectivity index (χ3v) is 7.81. The van der Waals surface area contributed by atoms with Gasteiger partial charge in [0.1, 0.15) is 0 Å². The van der Waals surface area contributed by atoms with E-state index in [-0.39, 0.29) is 17.2 Å². The van der Waals surface area contributed by atoms with Crippen LogP contribution in [-0.4, -0.2) is 32.0 Å². The second kappa shape index (κ2) is 7.90. The van der Waals surface area contributed by atoms with Crippen LogP contribution in [0.2, 0.25) is 0 Å². The van der Waals surface area contributed by atoms with E-state index in [1.54, 1.807) is 0 Å². The normalized spacial score (nSPS) is 25.6. The smallest absolute Gasteiger partial charge is 0.233 e. The van der Waals surface area contributed by atoms with Crippen LogP contribution in [0, 0.1) is 24.7 Å². The molecule has 0 spiro atoms. The van der Waals surface area contributed by atoms with Crippen molar-refractivity contribution in [2.24, 2.45) is 24.8 Å². The third kappa shape index (κ3) is 3.71. The lowest BCUT2D eigenvalue weighted by atomic mass is 9.84. The molecule has 2 saturated carbocycles. The van der Waals surface area contributed by atoms with Crippen molar-refractivity contribution in [1.29, 1.82) is 0 Å². The number of hydrogen-bond acceptors (Lipinski definition) is 4. The molecule has 2 bridgehead atoms. The van der Waals surface area contributed by atoms with Crippen molar-refractivity contribution in [2.75, 3.05) is 0 Å². The Kier molecular flexibility index (Phi) is 5.50. The maximum Gasteiger partial charge on any atom is 0.233 e. The second-order valence-electron chi connectivity index (χ2n) is 8.58. The predicted molar refractivity (Wildman–Crippen MR) is 113 cm³/mol. The summed E-state index contributed by atoms with van der Waals surface area (Å²) in [5.41, 5.74) is 2.24. The van der Waals surface area contributed by atoms with Crippen LogP contribution in [0.4, 0.5) is 0 Å². The average molecular weight is 399 g/mol. The molecule has 4 rings (SSSR count). The van der Waals surface area contributed by atoms with Gasteiger partial charge in [-0.1, -0.05) is 42.4 Å². The number of aromatic nitrogens is 3. The molecule has 1 heterocycles. The van der Waals surface area contributed by atoms with Crippen LogP contribution < -0.4 is 5.32 Å². The van der Waals surface area contributed by atoms with Gasteiger partial charge in [0.2, 0.25) is 5.91 Å². The summed E-state index contributed by atoms with van der Waals surface area (Å²) in [6.45, 7) is 6.21. The quantitative estimate of drug-likeness (QED) is 0.741. The Balaban J connectivity index is 1.39. The molecule has 6 heteroatoms. The Morgan fingerprint density at radius 2 is 2.00 bits per heavy atom. The van der Waals surface area contributed by atoms with Gasteiger partial charge in [-0.2, -0.15) is 0 Å². The number of fused-ring (bicyclic) bond motifs is 2. The average Bonchev–Trinajstić information content (AvgIpc) is 3.39. The van der Waals surface area contributed by atoms with Gasteiger partial charge in [0.15, 0.2) is 11.0 Å². The molecule has 1 amide bonds. The SMILES string of the molecule is Cc1ccccc1-c1nnc(SC(C)C(=O)NC(C)C2CC3CCC2C3)n1C. The van der Waals surface area contributed by atoms with Gasteiger partial charge in [0.05, 0.1) is 5.25 Å². The summed E-state index contributed by atoms with van der Waals surface area (Å²) in [5.74, 6) is 3.31. The largest absolute Gasteiger partial charge is 0.352 e. The van der Waals surface area contributed by atoms with Crippen LogP contribution in [0.25, 0.3) is 11.4 Å². The number of carbonyl (C=O) groups is 1. The van der Waals surface area contributed by atoms with Crippen LogP contribution in [0.15, 0.2) is 29.4 Å². The van der Waals surface area contributed by atoms with Crippen LogP contribution in [-0.2, 0) is 11.8 Å². The lowest BCUT2D eigenvalue weighted by molar-refractivity contribution is -0.121. The minimum Gasteiger partial charge on any atom is -0.352 e. The monoisotopic (exact) mass is 398 g/mol. The number of nitrogens with one attached hydrogen (secondary N) is 1. The zero-order valence-corrected chi connectivity index (χ0v) is 18.0. The highest BCUT2D eigenvalue weighted by Gasteiger charge is 2.42. The van der Waals surface area contributed by atoms with E-state index in [1.165, 1.54) is 43.0 Å². The molecule has 1 aromatic carbocycles. The van der Waals surface area contributed by atoms with Crippen molar-refractivity contribution in [1.82, 2.24) is 20.1 Å². The highest BCUT2D eigenvalue weighted by atomic mass is 32.2. The van der Waals surface area contributed by atoms with Gasteiger partial charge in [-0.25, -0.2) is 0 Å². The summed E-state index contributed by atoms with van der Waals surface area (Å²) < 4.78 is 1.98. The Labute approximate surface area is 171 Å². The number of thioether (sulfide) groups is 1. The summed E-state index contributed by atoms with van der Waals surface area (Å²) in [5, 5.41) is 12.6. The van der Waals surface area contributed by atoms with E-state index in [0.29, 0.717) is 5.92 Å². The first-order valence-electron chi connectivity index (χ1n) is 10.4. The van der Waals surface area contributed by atoms with E-state index in [9.17, 15) is 4.79 Å². The summed E-state index contributed by atoms with van der Waals surface area (Å²) in [7, 11) is 1.96. The summed E-state index contributed by atoms with van der Waals surface area (Å²) in [6, 6.07) is 8.42. The minimum atomic E-state index is -0.200. The molecule has 0 aliphatic heterocycles. The van der Waals surface area contributed by atoms with Gasteiger partial charge in [-0.15, -0.1) is 10.2 Å². The molecule has 1 aromatic heterocycles. The molecule has 2 aliphatic carbocycles. The zero-order valence-electron chi connectivity index (χ0n) is 17.2. The molecular weight excluding hydrogens is 368 g/mol. The molecular formula is C22H30N4OS. The van der Waals surface area contributed by atoms with Crippen molar-refractivity contribution in [3.8, 4) is 11.4 Å². The first-order chi connectivity index (χ1) is 13.4. The predicted octanol–water partition coefficient (Wildman–Crippen LogP) is 4.21. The van der Waals surface area contributed by atoms with Crippen molar-refractivity contribution in [3.63, 3.8) is 0 Å². The van der Waals surface area contributed by atoms with E-state index in [2.05, 4.69) is 41.5 Å². The zero-order chi connectivity index (χ0) is 19.8. The molecule has 0 saturated heterocycles. The molecule has 150 valence electrons. The van der Waals surface area contributed by atoms with Crippen LogP contribution in [0.5, 0.6) is 0 Å². The topological polar surface area (TPSA) is 59.8 Å². The number of amides is 1. The van der Waals surface area contributed by atoms with E-state index in [0.717, 1.165) is 28.4 Å². The third-order valence-electron chi connectivity index (χ3n) is 6.68. The van der Waals surface area contributed by atoms with Crippen molar-refractivity contribution in [3.05, 3.63) is 29.8 Å². The number of nitrogens with zero attached hydrogens (tertiary/aromatic N) is 3. The fraction of sp³-hybridized carbons (Fsp3) is 0.591. The number of rotatable bonds is 6. The summed E-state index contributed by atoms with van der Waals surface area (Å²) in [4.78, 5) is 12.8. The van der Waals surface area contributed by atoms with Gasteiger partial charge in [0.25, 0.3) is 0 Å². The molecule has 28 heavy (non-hydrogen) atoms. The van der Waals surface area contributed by atoms with Gasteiger partial charge in [-0.05, 0) is 63.4 Å². The molecule has 5 atom stereocenters. The van der Waals surface area contributed by atoms with Crippen molar-refractivity contribution >= 4 is 17.7 Å². The van der Waals surface area contributed by atoms with Crippen LogP contribution in [0.1, 0.15) is 45.1 Å². The van der Waals surface area contributed by atoms with Crippen molar-refractivity contribution in [2.45, 2.75) is 62.9 Å². The first-order valence-corrected chi connectivity index (χ1v) is 11.2. The highest BCUT2D eigenvalue weighted by Crippen LogP contribution is 2.49. The van der Waals surface area contributed by atoms with Crippen LogP contribution in [0.3, 0.4) is 0 Å². The Hall–Kier alpha value is -1.82. The molecule has 1 N–H and O–H groups in total. The number of aryl methyl sites for hydroxylation is 1. The standard InChI is InChI=1S/C22H30N4OS/c1-13-7-5-6-8-18(13)20-24-25-22(26(20)4)28-15(3)21(27)23-14(2)19-12-16-9-10-17(19)11-16/h5-8,14-17,19H,9-12H2,1-4H3,(H,23,27). The van der Waals surface area contributed by atoms with E-state index in [4.69, 9.17) is 0 Å². The molecule has 2 aromatic rings. The number of hydrogen-bond donors (Lipinski definition) is 1. The maximum absolute atomic E-state index is 12.8. The van der Waals surface area contributed by atoms with Gasteiger partial charge >= 0.3 is 0 Å². The van der Waals surface area contributed by atoms with E-state index < -0.39 is 0 Å². The van der Waals surface area contributed by atoms with Gasteiger partial charge in [-0.3, -0.25) is 4.79 Å². The maximum atomic E-state index is 12.8. The minimum absolute atomic E-state index is 0.0979. The lowest BCUT2D eigenvalue weighted by Gasteiger charge is -2.29. The Morgan fingerprint density at radius 1 is 1.21 bits per heavy atom. The lowest BCUT2D eigenvalue weighted by Crippen LogP contribution is -2.43. The van der Waals surface area contributed by atoms with E-state index in [1.807, 2.05) is 30.7 Å².